The Labute approximate surface area is 240 Å². The summed E-state index contributed by atoms with van der Waals surface area (Å²) in [4.78, 5) is 10.1. The summed E-state index contributed by atoms with van der Waals surface area (Å²) >= 11 is 0. The van der Waals surface area contributed by atoms with E-state index in [-0.39, 0.29) is 5.41 Å². The maximum atomic E-state index is 6.88. The van der Waals surface area contributed by atoms with Crippen molar-refractivity contribution in [3.05, 3.63) is 155 Å². The van der Waals surface area contributed by atoms with Gasteiger partial charge in [0.05, 0.1) is 6.54 Å². The summed E-state index contributed by atoms with van der Waals surface area (Å²) < 4.78 is 0. The maximum absolute atomic E-state index is 6.88. The van der Waals surface area contributed by atoms with Gasteiger partial charge in [-0.3, -0.25) is 4.99 Å². The molecule has 0 amide bonds. The van der Waals surface area contributed by atoms with Crippen LogP contribution in [0.5, 0.6) is 0 Å². The highest BCUT2D eigenvalue weighted by atomic mass is 15.0. The summed E-state index contributed by atoms with van der Waals surface area (Å²) in [5.74, 6) is 1.10. The standard InChI is InChI=1S/C38H31N3/c1-38(2)33-17-9-8-15-31(33)35-32(16-10-18-34(35)38)36(39)41-37(40-24-25-11-4-3-5-12-25)29-20-19-28-21-26-13-6-7-14-27(26)22-30(28)23-29/h3-23H,24H2,1-2H3,(H2,39,40,41). The minimum atomic E-state index is -0.104. The third-order valence-corrected chi connectivity index (χ3v) is 8.33. The fraction of sp³-hybridized carbons (Fsp3) is 0.105. The first-order valence-corrected chi connectivity index (χ1v) is 14.1. The predicted octanol–water partition coefficient (Wildman–Crippen LogP) is 8.65. The molecule has 0 unspecified atom stereocenters. The molecular formula is C38H31N3. The maximum Gasteiger partial charge on any atom is 0.157 e. The second-order valence-corrected chi connectivity index (χ2v) is 11.3. The van der Waals surface area contributed by atoms with Gasteiger partial charge in [-0.05, 0) is 67.6 Å². The van der Waals surface area contributed by atoms with Crippen LogP contribution in [-0.4, -0.2) is 11.7 Å². The second kappa shape index (κ2) is 9.87. The van der Waals surface area contributed by atoms with Gasteiger partial charge in [-0.15, -0.1) is 0 Å². The van der Waals surface area contributed by atoms with Crippen LogP contribution >= 0.6 is 0 Å². The first kappa shape index (κ1) is 25.0. The molecule has 0 fully saturated rings. The van der Waals surface area contributed by atoms with Crippen LogP contribution in [0.15, 0.2) is 137 Å². The molecule has 0 aliphatic heterocycles. The van der Waals surface area contributed by atoms with E-state index in [1.807, 2.05) is 18.2 Å². The Balaban J connectivity index is 1.37. The van der Waals surface area contributed by atoms with Crippen LogP contribution in [0.3, 0.4) is 0 Å². The lowest BCUT2D eigenvalue weighted by Crippen LogP contribution is -2.19. The van der Waals surface area contributed by atoms with Crippen molar-refractivity contribution in [3.8, 4) is 11.1 Å². The number of amidine groups is 2. The lowest BCUT2D eigenvalue weighted by Gasteiger charge is -2.21. The van der Waals surface area contributed by atoms with Gasteiger partial charge in [0, 0.05) is 16.5 Å². The topological polar surface area (TPSA) is 50.7 Å². The summed E-state index contributed by atoms with van der Waals surface area (Å²) in [5.41, 5.74) is 14.8. The van der Waals surface area contributed by atoms with Crippen LogP contribution in [0.2, 0.25) is 0 Å². The quantitative estimate of drug-likeness (QED) is 0.139. The third kappa shape index (κ3) is 4.40. The summed E-state index contributed by atoms with van der Waals surface area (Å²) in [6.07, 6.45) is 0. The lowest BCUT2D eigenvalue weighted by atomic mass is 9.82. The average Bonchev–Trinajstić information content (AvgIpc) is 3.25. The van der Waals surface area contributed by atoms with E-state index in [1.165, 1.54) is 38.4 Å². The number of rotatable bonds is 4. The molecule has 3 heteroatoms. The number of fused-ring (bicyclic) bond motifs is 5. The molecule has 198 valence electrons. The van der Waals surface area contributed by atoms with Gasteiger partial charge in [-0.1, -0.05) is 123 Å². The van der Waals surface area contributed by atoms with Crippen molar-refractivity contribution in [2.75, 3.05) is 0 Å². The Bertz CT molecular complexity index is 2000. The van der Waals surface area contributed by atoms with Crippen LogP contribution in [0, 0.1) is 0 Å². The van der Waals surface area contributed by atoms with Crippen LogP contribution in [0.25, 0.3) is 32.7 Å². The largest absolute Gasteiger partial charge is 0.383 e. The highest BCUT2D eigenvalue weighted by Crippen LogP contribution is 2.49. The molecule has 6 aromatic carbocycles. The molecule has 0 bridgehead atoms. The normalized spacial score (nSPS) is 14.3. The molecular weight excluding hydrogens is 498 g/mol. The predicted molar refractivity (Wildman–Crippen MR) is 173 cm³/mol. The molecule has 41 heavy (non-hydrogen) atoms. The van der Waals surface area contributed by atoms with Gasteiger partial charge in [0.15, 0.2) is 5.84 Å². The van der Waals surface area contributed by atoms with E-state index in [4.69, 9.17) is 15.7 Å². The fourth-order valence-electron chi connectivity index (χ4n) is 6.16. The molecule has 0 saturated heterocycles. The van der Waals surface area contributed by atoms with Crippen molar-refractivity contribution in [1.29, 1.82) is 0 Å². The number of nitrogens with two attached hydrogens (primary N) is 1. The van der Waals surface area contributed by atoms with Gasteiger partial charge in [-0.2, -0.15) is 0 Å². The molecule has 0 saturated carbocycles. The number of nitrogens with zero attached hydrogens (tertiary/aromatic N) is 2. The molecule has 3 nitrogen and oxygen atoms in total. The molecule has 0 spiro atoms. The monoisotopic (exact) mass is 529 g/mol. The first-order valence-electron chi connectivity index (χ1n) is 14.1. The van der Waals surface area contributed by atoms with Gasteiger partial charge < -0.3 is 5.73 Å². The van der Waals surface area contributed by atoms with Crippen molar-refractivity contribution >= 4 is 33.2 Å². The van der Waals surface area contributed by atoms with E-state index in [1.54, 1.807) is 0 Å². The van der Waals surface area contributed by atoms with Crippen molar-refractivity contribution in [1.82, 2.24) is 0 Å². The Morgan fingerprint density at radius 3 is 2.10 bits per heavy atom. The molecule has 2 N–H and O–H groups in total. The minimum Gasteiger partial charge on any atom is -0.383 e. The van der Waals surface area contributed by atoms with E-state index in [0.717, 1.165) is 22.1 Å². The fourth-order valence-corrected chi connectivity index (χ4v) is 6.16. The van der Waals surface area contributed by atoms with Crippen LogP contribution in [0.4, 0.5) is 0 Å². The van der Waals surface area contributed by atoms with Gasteiger partial charge in [0.1, 0.15) is 5.84 Å². The number of hydrogen-bond donors (Lipinski definition) is 1. The molecule has 7 rings (SSSR count). The zero-order chi connectivity index (χ0) is 28.0. The SMILES string of the molecule is CC1(C)c2ccccc2-c2c(C(N)=NC(=NCc3ccccc3)c3ccc4cc5ccccc5cc4c3)cccc21. The molecule has 1 aliphatic rings. The summed E-state index contributed by atoms with van der Waals surface area (Å²) in [5, 5.41) is 4.78. The molecule has 0 atom stereocenters. The number of hydrogen-bond acceptors (Lipinski definition) is 1. The number of aliphatic imine (C=N–C) groups is 2. The van der Waals surface area contributed by atoms with Crippen molar-refractivity contribution in [2.45, 2.75) is 25.8 Å². The van der Waals surface area contributed by atoms with Crippen molar-refractivity contribution < 1.29 is 0 Å². The van der Waals surface area contributed by atoms with Crippen LogP contribution < -0.4 is 5.73 Å². The Morgan fingerprint density at radius 1 is 0.634 bits per heavy atom. The zero-order valence-electron chi connectivity index (χ0n) is 23.3. The Hall–Kier alpha value is -5.02. The molecule has 0 heterocycles. The average molecular weight is 530 g/mol. The van der Waals surface area contributed by atoms with Gasteiger partial charge in [0.2, 0.25) is 0 Å². The molecule has 1 aliphatic carbocycles. The Morgan fingerprint density at radius 2 is 1.29 bits per heavy atom. The molecule has 6 aromatic rings. The van der Waals surface area contributed by atoms with Crippen molar-refractivity contribution in [2.24, 2.45) is 15.7 Å². The lowest BCUT2D eigenvalue weighted by molar-refractivity contribution is 0.660. The number of benzene rings is 6. The smallest absolute Gasteiger partial charge is 0.157 e. The van der Waals surface area contributed by atoms with E-state index < -0.39 is 0 Å². The Kier molecular flexibility index (Phi) is 6.01. The van der Waals surface area contributed by atoms with Crippen LogP contribution in [-0.2, 0) is 12.0 Å². The summed E-state index contributed by atoms with van der Waals surface area (Å²) in [6, 6.07) is 44.6. The van der Waals surface area contributed by atoms with E-state index >= 15 is 0 Å². The van der Waals surface area contributed by atoms with Crippen molar-refractivity contribution in [3.63, 3.8) is 0 Å². The van der Waals surface area contributed by atoms with Gasteiger partial charge in [0.25, 0.3) is 0 Å². The van der Waals surface area contributed by atoms with E-state index in [2.05, 4.69) is 123 Å². The summed E-state index contributed by atoms with van der Waals surface area (Å²) in [7, 11) is 0. The molecule has 0 aromatic heterocycles. The third-order valence-electron chi connectivity index (χ3n) is 8.33. The molecule has 0 radical (unpaired) electrons. The zero-order valence-corrected chi connectivity index (χ0v) is 23.3. The van der Waals surface area contributed by atoms with E-state index in [0.29, 0.717) is 18.2 Å². The van der Waals surface area contributed by atoms with Gasteiger partial charge in [-0.25, -0.2) is 4.99 Å². The summed E-state index contributed by atoms with van der Waals surface area (Å²) in [6.45, 7) is 5.08. The van der Waals surface area contributed by atoms with Crippen LogP contribution in [0.1, 0.15) is 41.7 Å². The highest BCUT2D eigenvalue weighted by molar-refractivity contribution is 6.15. The first-order chi connectivity index (χ1) is 20.0. The minimum absolute atomic E-state index is 0.104. The van der Waals surface area contributed by atoms with E-state index in [9.17, 15) is 0 Å². The second-order valence-electron chi connectivity index (χ2n) is 11.3. The van der Waals surface area contributed by atoms with Gasteiger partial charge >= 0.3 is 0 Å². The highest BCUT2D eigenvalue weighted by Gasteiger charge is 2.36.